The average Bonchev–Trinajstić information content (AvgIpc) is 2.62. The third-order valence-corrected chi connectivity index (χ3v) is 4.06. The van der Waals surface area contributed by atoms with Crippen molar-refractivity contribution in [1.29, 1.82) is 0 Å². The molecule has 0 bridgehead atoms. The van der Waals surface area contributed by atoms with Crippen LogP contribution in [0.1, 0.15) is 19.4 Å². The van der Waals surface area contributed by atoms with Gasteiger partial charge in [0.2, 0.25) is 5.91 Å². The van der Waals surface area contributed by atoms with E-state index in [0.29, 0.717) is 13.1 Å². The van der Waals surface area contributed by atoms with Crippen molar-refractivity contribution in [2.24, 2.45) is 5.92 Å². The molecule has 0 saturated carbocycles. The molecule has 0 aliphatic rings. The van der Waals surface area contributed by atoms with Gasteiger partial charge in [-0.05, 0) is 43.8 Å². The van der Waals surface area contributed by atoms with Gasteiger partial charge in [0.1, 0.15) is 0 Å². The zero-order valence-electron chi connectivity index (χ0n) is 14.8. The number of hydrogen-bond donors (Lipinski definition) is 2. The lowest BCUT2D eigenvalue weighted by Crippen LogP contribution is -2.33. The van der Waals surface area contributed by atoms with Gasteiger partial charge in [0.05, 0.1) is 0 Å². The summed E-state index contributed by atoms with van der Waals surface area (Å²) < 4.78 is 0. The van der Waals surface area contributed by atoms with Gasteiger partial charge in [-0.25, -0.2) is 0 Å². The maximum Gasteiger partial charge on any atom is 0.224 e. The van der Waals surface area contributed by atoms with Crippen molar-refractivity contribution >= 4 is 17.3 Å². The van der Waals surface area contributed by atoms with E-state index in [1.165, 1.54) is 5.69 Å². The zero-order chi connectivity index (χ0) is 17.4. The minimum absolute atomic E-state index is 0.0251. The number of hydrogen-bond acceptors (Lipinski definition) is 3. The highest BCUT2D eigenvalue weighted by Gasteiger charge is 2.11. The third kappa shape index (κ3) is 4.83. The van der Waals surface area contributed by atoms with E-state index in [1.54, 1.807) is 0 Å². The summed E-state index contributed by atoms with van der Waals surface area (Å²) in [6.45, 7) is 6.22. The summed E-state index contributed by atoms with van der Waals surface area (Å²) in [5.41, 5.74) is 3.44. The molecule has 4 nitrogen and oxygen atoms in total. The fourth-order valence-corrected chi connectivity index (χ4v) is 2.68. The van der Waals surface area contributed by atoms with E-state index in [1.807, 2.05) is 32.2 Å². The second kappa shape index (κ2) is 9.08. The fourth-order valence-electron chi connectivity index (χ4n) is 2.68. The molecule has 4 heteroatoms. The van der Waals surface area contributed by atoms with Gasteiger partial charge in [-0.3, -0.25) is 4.79 Å². The van der Waals surface area contributed by atoms with Crippen LogP contribution in [0.15, 0.2) is 54.6 Å². The maximum atomic E-state index is 12.0. The first-order valence-corrected chi connectivity index (χ1v) is 8.49. The molecule has 2 aromatic carbocycles. The van der Waals surface area contributed by atoms with Gasteiger partial charge in [-0.1, -0.05) is 37.3 Å². The van der Waals surface area contributed by atoms with Crippen LogP contribution >= 0.6 is 0 Å². The lowest BCUT2D eigenvalue weighted by atomic mass is 10.1. The van der Waals surface area contributed by atoms with E-state index in [0.717, 1.165) is 17.8 Å². The van der Waals surface area contributed by atoms with Gasteiger partial charge in [-0.15, -0.1) is 0 Å². The minimum Gasteiger partial charge on any atom is -0.352 e. The van der Waals surface area contributed by atoms with Gasteiger partial charge in [0, 0.05) is 36.9 Å². The number of para-hydroxylation sites is 1. The molecule has 1 atom stereocenters. The molecule has 0 aliphatic carbocycles. The highest BCUT2D eigenvalue weighted by atomic mass is 16.1. The number of nitrogens with one attached hydrogen (secondary N) is 2. The molecule has 24 heavy (non-hydrogen) atoms. The van der Waals surface area contributed by atoms with Crippen LogP contribution in [0, 0.1) is 5.92 Å². The van der Waals surface area contributed by atoms with Crippen LogP contribution in [0.25, 0.3) is 0 Å². The molecule has 1 unspecified atom stereocenters. The van der Waals surface area contributed by atoms with Crippen molar-refractivity contribution in [2.75, 3.05) is 25.0 Å². The molecule has 0 spiro atoms. The largest absolute Gasteiger partial charge is 0.352 e. The van der Waals surface area contributed by atoms with E-state index < -0.39 is 0 Å². The van der Waals surface area contributed by atoms with Crippen LogP contribution < -0.4 is 15.5 Å². The predicted octanol–water partition coefficient (Wildman–Crippen LogP) is 3.32. The summed E-state index contributed by atoms with van der Waals surface area (Å²) in [7, 11) is 1.86. The summed E-state index contributed by atoms with van der Waals surface area (Å²) >= 11 is 0. The minimum atomic E-state index is -0.0251. The van der Waals surface area contributed by atoms with Crippen molar-refractivity contribution in [3.05, 3.63) is 60.2 Å². The monoisotopic (exact) mass is 325 g/mol. The number of carbonyl (C=O) groups is 1. The lowest BCUT2D eigenvalue weighted by molar-refractivity contribution is -0.124. The molecule has 0 radical (unpaired) electrons. The molecule has 128 valence electrons. The number of amides is 1. The molecule has 0 aromatic heterocycles. The van der Waals surface area contributed by atoms with Gasteiger partial charge in [0.15, 0.2) is 0 Å². The molecule has 0 saturated heterocycles. The van der Waals surface area contributed by atoms with E-state index >= 15 is 0 Å². The summed E-state index contributed by atoms with van der Waals surface area (Å²) in [6.07, 6.45) is 0. The standard InChI is InChI=1S/C20H27N3O/c1-4-23(18-8-6-5-7-9-18)19-12-10-17(11-13-19)15-22-20(24)16(2)14-21-3/h5-13,16,21H,4,14-15H2,1-3H3,(H,22,24). The van der Waals surface area contributed by atoms with Crippen LogP contribution in [-0.4, -0.2) is 26.0 Å². The number of anilines is 2. The summed E-state index contributed by atoms with van der Waals surface area (Å²) in [4.78, 5) is 14.2. The number of carbonyl (C=O) groups excluding carboxylic acids is 1. The number of rotatable bonds is 8. The SMILES string of the molecule is CCN(c1ccccc1)c1ccc(CNC(=O)C(C)CNC)cc1. The number of nitrogens with zero attached hydrogens (tertiary/aromatic N) is 1. The maximum absolute atomic E-state index is 12.0. The Morgan fingerprint density at radius 1 is 1.04 bits per heavy atom. The average molecular weight is 325 g/mol. The first kappa shape index (κ1) is 18.0. The summed E-state index contributed by atoms with van der Waals surface area (Å²) in [6, 6.07) is 18.7. The molecule has 0 aliphatic heterocycles. The van der Waals surface area contributed by atoms with Gasteiger partial charge >= 0.3 is 0 Å². The first-order chi connectivity index (χ1) is 11.7. The second-order valence-electron chi connectivity index (χ2n) is 5.92. The van der Waals surface area contributed by atoms with Crippen molar-refractivity contribution in [2.45, 2.75) is 20.4 Å². The first-order valence-electron chi connectivity index (χ1n) is 8.49. The van der Waals surface area contributed by atoms with E-state index in [9.17, 15) is 4.79 Å². The molecular formula is C20H27N3O. The molecule has 1 amide bonds. The number of benzene rings is 2. The fraction of sp³-hybridized carbons (Fsp3) is 0.350. The van der Waals surface area contributed by atoms with E-state index in [2.05, 4.69) is 58.9 Å². The Bertz CT molecular complexity index is 625. The van der Waals surface area contributed by atoms with Crippen LogP contribution in [0.5, 0.6) is 0 Å². The Kier molecular flexibility index (Phi) is 6.82. The van der Waals surface area contributed by atoms with Gasteiger partial charge in [0.25, 0.3) is 0 Å². The molecule has 2 rings (SSSR count). The molecule has 2 aromatic rings. The summed E-state index contributed by atoms with van der Waals surface area (Å²) in [5.74, 6) is 0.0517. The normalized spacial score (nSPS) is 11.8. The van der Waals surface area contributed by atoms with Crippen molar-refractivity contribution in [3.8, 4) is 0 Å². The zero-order valence-corrected chi connectivity index (χ0v) is 14.8. The van der Waals surface area contributed by atoms with Crippen LogP contribution in [-0.2, 0) is 11.3 Å². The van der Waals surface area contributed by atoms with E-state index in [4.69, 9.17) is 0 Å². The highest BCUT2D eigenvalue weighted by Crippen LogP contribution is 2.24. The topological polar surface area (TPSA) is 44.4 Å². The summed E-state index contributed by atoms with van der Waals surface area (Å²) in [5, 5.41) is 6.01. The Balaban J connectivity index is 1.98. The Morgan fingerprint density at radius 3 is 2.25 bits per heavy atom. The van der Waals surface area contributed by atoms with E-state index in [-0.39, 0.29) is 11.8 Å². The smallest absolute Gasteiger partial charge is 0.224 e. The van der Waals surface area contributed by atoms with Crippen LogP contribution in [0.2, 0.25) is 0 Å². The van der Waals surface area contributed by atoms with Gasteiger partial charge in [-0.2, -0.15) is 0 Å². The van der Waals surface area contributed by atoms with Crippen LogP contribution in [0.4, 0.5) is 11.4 Å². The lowest BCUT2D eigenvalue weighted by Gasteiger charge is -2.23. The van der Waals surface area contributed by atoms with Crippen molar-refractivity contribution in [1.82, 2.24) is 10.6 Å². The molecule has 2 N–H and O–H groups in total. The molecule has 0 fully saturated rings. The Morgan fingerprint density at radius 2 is 1.67 bits per heavy atom. The Labute approximate surface area is 144 Å². The van der Waals surface area contributed by atoms with Gasteiger partial charge < -0.3 is 15.5 Å². The second-order valence-corrected chi connectivity index (χ2v) is 5.92. The van der Waals surface area contributed by atoms with Crippen LogP contribution in [0.3, 0.4) is 0 Å². The Hall–Kier alpha value is -2.33. The molecule has 0 heterocycles. The predicted molar refractivity (Wildman–Crippen MR) is 101 cm³/mol. The third-order valence-electron chi connectivity index (χ3n) is 4.06. The van der Waals surface area contributed by atoms with Crippen molar-refractivity contribution in [3.63, 3.8) is 0 Å². The highest BCUT2D eigenvalue weighted by molar-refractivity contribution is 5.78. The molecular weight excluding hydrogens is 298 g/mol. The quantitative estimate of drug-likeness (QED) is 0.782. The van der Waals surface area contributed by atoms with Crippen molar-refractivity contribution < 1.29 is 4.79 Å².